The van der Waals surface area contributed by atoms with E-state index in [1.165, 1.54) is 0 Å². The summed E-state index contributed by atoms with van der Waals surface area (Å²) in [6.45, 7) is 4.58. The van der Waals surface area contributed by atoms with Crippen molar-refractivity contribution in [3.63, 3.8) is 0 Å². The van der Waals surface area contributed by atoms with Crippen LogP contribution in [0.1, 0.15) is 36.5 Å². The van der Waals surface area contributed by atoms with Crippen LogP contribution in [0.4, 0.5) is 5.82 Å². The summed E-state index contributed by atoms with van der Waals surface area (Å²) in [4.78, 5) is 11.2. The number of rotatable bonds is 4. The summed E-state index contributed by atoms with van der Waals surface area (Å²) < 4.78 is 5.33. The lowest BCUT2D eigenvalue weighted by atomic mass is 10.0. The van der Waals surface area contributed by atoms with Crippen LogP contribution in [0.2, 0.25) is 0 Å². The maximum atomic E-state index is 10.2. The molecule has 1 aromatic heterocycles. The van der Waals surface area contributed by atoms with E-state index in [0.29, 0.717) is 13.0 Å². The summed E-state index contributed by atoms with van der Waals surface area (Å²) in [5.41, 5.74) is 2.16. The van der Waals surface area contributed by atoms with Crippen molar-refractivity contribution in [1.29, 1.82) is 0 Å². The number of methoxy groups -OCH3 is 1. The highest BCUT2D eigenvalue weighted by atomic mass is 16.5. The molecule has 3 rings (SSSR count). The van der Waals surface area contributed by atoms with Crippen LogP contribution in [0, 0.1) is 6.92 Å². The maximum Gasteiger partial charge on any atom is 0.133 e. The highest BCUT2D eigenvalue weighted by molar-refractivity contribution is 5.46. The second kappa shape index (κ2) is 6.54. The standard InChI is InChI=1S/C18H23N3O2/c1-4-14-9-18(20-12(2)19-14)21-11-15(22)10-17(21)13-6-5-7-16(8-13)23-3/h5-9,15,17,22H,4,10-11H2,1-3H3/t15-,17+/m1/s1. The smallest absolute Gasteiger partial charge is 0.133 e. The Morgan fingerprint density at radius 1 is 1.30 bits per heavy atom. The van der Waals surface area contributed by atoms with Gasteiger partial charge in [-0.25, -0.2) is 9.97 Å². The molecule has 2 aromatic rings. The first-order valence-corrected chi connectivity index (χ1v) is 8.04. The van der Waals surface area contributed by atoms with Crippen LogP contribution >= 0.6 is 0 Å². The lowest BCUT2D eigenvalue weighted by molar-refractivity contribution is 0.194. The third-order valence-electron chi connectivity index (χ3n) is 4.29. The zero-order valence-electron chi connectivity index (χ0n) is 13.9. The first kappa shape index (κ1) is 15.7. The van der Waals surface area contributed by atoms with Crippen LogP contribution in [0.5, 0.6) is 5.75 Å². The van der Waals surface area contributed by atoms with Crippen LogP contribution in [0.3, 0.4) is 0 Å². The Kier molecular flexibility index (Phi) is 4.48. The highest BCUT2D eigenvalue weighted by Crippen LogP contribution is 2.36. The molecule has 0 unspecified atom stereocenters. The lowest BCUT2D eigenvalue weighted by Gasteiger charge is -2.26. The Hall–Kier alpha value is -2.14. The van der Waals surface area contributed by atoms with Crippen molar-refractivity contribution in [3.8, 4) is 5.75 Å². The van der Waals surface area contributed by atoms with Crippen molar-refractivity contribution in [2.75, 3.05) is 18.6 Å². The summed E-state index contributed by atoms with van der Waals surface area (Å²) in [6.07, 6.45) is 1.21. The maximum absolute atomic E-state index is 10.2. The van der Waals surface area contributed by atoms with Gasteiger partial charge in [-0.1, -0.05) is 19.1 Å². The van der Waals surface area contributed by atoms with Gasteiger partial charge in [0, 0.05) is 18.3 Å². The fraction of sp³-hybridized carbons (Fsp3) is 0.444. The van der Waals surface area contributed by atoms with Gasteiger partial charge in [0.15, 0.2) is 0 Å². The van der Waals surface area contributed by atoms with Gasteiger partial charge in [0.25, 0.3) is 0 Å². The Morgan fingerprint density at radius 2 is 2.13 bits per heavy atom. The minimum Gasteiger partial charge on any atom is -0.497 e. The molecule has 1 saturated heterocycles. The molecule has 122 valence electrons. The Bertz CT molecular complexity index is 690. The molecule has 0 amide bonds. The van der Waals surface area contributed by atoms with E-state index in [9.17, 15) is 5.11 Å². The van der Waals surface area contributed by atoms with Crippen molar-refractivity contribution in [3.05, 3.63) is 47.4 Å². The molecule has 23 heavy (non-hydrogen) atoms. The van der Waals surface area contributed by atoms with E-state index >= 15 is 0 Å². The second-order valence-electron chi connectivity index (χ2n) is 5.95. The van der Waals surface area contributed by atoms with Gasteiger partial charge in [0.2, 0.25) is 0 Å². The van der Waals surface area contributed by atoms with E-state index in [1.54, 1.807) is 7.11 Å². The molecular weight excluding hydrogens is 290 g/mol. The molecule has 0 saturated carbocycles. The van der Waals surface area contributed by atoms with Gasteiger partial charge < -0.3 is 14.7 Å². The molecule has 0 bridgehead atoms. The van der Waals surface area contributed by atoms with E-state index in [0.717, 1.165) is 35.1 Å². The number of nitrogens with zero attached hydrogens (tertiary/aromatic N) is 3. The van der Waals surface area contributed by atoms with Crippen LogP contribution < -0.4 is 9.64 Å². The number of aliphatic hydroxyl groups is 1. The summed E-state index contributed by atoms with van der Waals surface area (Å²) in [7, 11) is 1.67. The lowest BCUT2D eigenvalue weighted by Crippen LogP contribution is -2.25. The number of aliphatic hydroxyl groups excluding tert-OH is 1. The Morgan fingerprint density at radius 3 is 2.87 bits per heavy atom. The number of ether oxygens (including phenoxy) is 1. The molecule has 1 aliphatic rings. The van der Waals surface area contributed by atoms with Crippen molar-refractivity contribution < 1.29 is 9.84 Å². The minimum atomic E-state index is -0.355. The third-order valence-corrected chi connectivity index (χ3v) is 4.29. The van der Waals surface area contributed by atoms with Crippen LogP contribution in [-0.2, 0) is 6.42 Å². The van der Waals surface area contributed by atoms with Gasteiger partial charge in [-0.3, -0.25) is 0 Å². The quantitative estimate of drug-likeness (QED) is 0.940. The summed E-state index contributed by atoms with van der Waals surface area (Å²) in [6, 6.07) is 10.2. The van der Waals surface area contributed by atoms with E-state index in [1.807, 2.05) is 31.2 Å². The first-order chi connectivity index (χ1) is 11.1. The number of β-amino-alcohol motifs (C(OH)–C–C–N with tert-alkyl or cyclic N) is 1. The molecule has 1 aromatic carbocycles. The molecule has 0 spiro atoms. The molecule has 1 N–H and O–H groups in total. The highest BCUT2D eigenvalue weighted by Gasteiger charge is 2.33. The normalized spacial score (nSPS) is 20.8. The van der Waals surface area contributed by atoms with Gasteiger partial charge in [-0.15, -0.1) is 0 Å². The van der Waals surface area contributed by atoms with Crippen LogP contribution in [0.25, 0.3) is 0 Å². The number of benzene rings is 1. The monoisotopic (exact) mass is 313 g/mol. The van der Waals surface area contributed by atoms with Gasteiger partial charge in [-0.05, 0) is 37.5 Å². The number of aryl methyl sites for hydroxylation is 2. The van der Waals surface area contributed by atoms with Gasteiger partial charge in [0.05, 0.1) is 19.3 Å². The summed E-state index contributed by atoms with van der Waals surface area (Å²) in [5.74, 6) is 2.49. The van der Waals surface area contributed by atoms with Crippen molar-refractivity contribution >= 4 is 5.82 Å². The Balaban J connectivity index is 1.98. The van der Waals surface area contributed by atoms with Crippen LogP contribution in [0.15, 0.2) is 30.3 Å². The zero-order valence-corrected chi connectivity index (χ0v) is 13.9. The fourth-order valence-electron chi connectivity index (χ4n) is 3.17. The number of hydrogen-bond acceptors (Lipinski definition) is 5. The average Bonchev–Trinajstić information content (AvgIpc) is 2.96. The fourth-order valence-corrected chi connectivity index (χ4v) is 3.17. The number of aromatic nitrogens is 2. The molecule has 5 heteroatoms. The molecular formula is C18H23N3O2. The second-order valence-corrected chi connectivity index (χ2v) is 5.95. The molecule has 2 heterocycles. The Labute approximate surface area is 137 Å². The summed E-state index contributed by atoms with van der Waals surface area (Å²) in [5, 5.41) is 10.2. The first-order valence-electron chi connectivity index (χ1n) is 8.04. The number of hydrogen-bond donors (Lipinski definition) is 1. The molecule has 0 aliphatic carbocycles. The minimum absolute atomic E-state index is 0.0964. The predicted molar refractivity (Wildman–Crippen MR) is 89.9 cm³/mol. The zero-order chi connectivity index (χ0) is 16.4. The molecule has 5 nitrogen and oxygen atoms in total. The van der Waals surface area contributed by atoms with Crippen molar-refractivity contribution in [1.82, 2.24) is 9.97 Å². The molecule has 2 atom stereocenters. The van der Waals surface area contributed by atoms with Gasteiger partial charge in [0.1, 0.15) is 17.4 Å². The topological polar surface area (TPSA) is 58.5 Å². The van der Waals surface area contributed by atoms with Gasteiger partial charge in [-0.2, -0.15) is 0 Å². The summed E-state index contributed by atoms with van der Waals surface area (Å²) >= 11 is 0. The van der Waals surface area contributed by atoms with Crippen molar-refractivity contribution in [2.24, 2.45) is 0 Å². The largest absolute Gasteiger partial charge is 0.497 e. The van der Waals surface area contributed by atoms with E-state index in [4.69, 9.17) is 4.74 Å². The van der Waals surface area contributed by atoms with Crippen molar-refractivity contribution in [2.45, 2.75) is 38.8 Å². The van der Waals surface area contributed by atoms with Crippen LogP contribution in [-0.4, -0.2) is 34.8 Å². The SMILES string of the molecule is CCc1cc(N2C[C@H](O)C[C@H]2c2cccc(OC)c2)nc(C)n1. The molecule has 0 radical (unpaired) electrons. The molecule has 1 aliphatic heterocycles. The average molecular weight is 313 g/mol. The number of anilines is 1. The molecule has 1 fully saturated rings. The van der Waals surface area contributed by atoms with E-state index in [2.05, 4.69) is 27.9 Å². The van der Waals surface area contributed by atoms with E-state index in [-0.39, 0.29) is 12.1 Å². The van der Waals surface area contributed by atoms with Gasteiger partial charge >= 0.3 is 0 Å². The van der Waals surface area contributed by atoms with E-state index < -0.39 is 0 Å². The third kappa shape index (κ3) is 3.29. The predicted octanol–water partition coefficient (Wildman–Crippen LogP) is 2.67.